The lowest BCUT2D eigenvalue weighted by Crippen LogP contribution is -2.61. The zero-order valence-electron chi connectivity index (χ0n) is 16.7. The lowest BCUT2D eigenvalue weighted by atomic mass is 9.59. The van der Waals surface area contributed by atoms with Crippen molar-refractivity contribution in [2.45, 2.75) is 44.8 Å². The van der Waals surface area contributed by atoms with Gasteiger partial charge in [-0.3, -0.25) is 0 Å². The number of hydrogen-bond donors (Lipinski definition) is 3. The number of allylic oxidation sites excluding steroid dienone is 10. The molecule has 0 heterocycles. The Labute approximate surface area is 167 Å². The summed E-state index contributed by atoms with van der Waals surface area (Å²) in [6.45, 7) is 5.79. The third kappa shape index (κ3) is 4.51. The van der Waals surface area contributed by atoms with Gasteiger partial charge in [0, 0.05) is 12.0 Å². The fourth-order valence-corrected chi connectivity index (χ4v) is 4.00. The summed E-state index contributed by atoms with van der Waals surface area (Å²) in [5.74, 6) is -0.916. The number of carboxylic acid groups (broad SMARTS) is 1. The lowest BCUT2D eigenvalue weighted by molar-refractivity contribution is -0.131. The van der Waals surface area contributed by atoms with Gasteiger partial charge in [-0.2, -0.15) is 0 Å². The van der Waals surface area contributed by atoms with Crippen LogP contribution in [0, 0.1) is 11.8 Å². The van der Waals surface area contributed by atoms with Crippen LogP contribution in [0.3, 0.4) is 0 Å². The van der Waals surface area contributed by atoms with Crippen molar-refractivity contribution in [3.63, 3.8) is 0 Å². The van der Waals surface area contributed by atoms with Crippen LogP contribution in [0.1, 0.15) is 33.6 Å². The second kappa shape index (κ2) is 9.18. The molecule has 0 amide bonds. The summed E-state index contributed by atoms with van der Waals surface area (Å²) in [6, 6.07) is 0. The molecule has 2 aliphatic rings. The highest BCUT2D eigenvalue weighted by Gasteiger charge is 2.56. The van der Waals surface area contributed by atoms with Crippen molar-refractivity contribution in [3.8, 4) is 0 Å². The number of carbonyl (C=O) groups is 1. The van der Waals surface area contributed by atoms with E-state index in [9.17, 15) is 15.0 Å². The predicted octanol–water partition coefficient (Wildman–Crippen LogP) is 4.27. The molecule has 0 aromatic carbocycles. The summed E-state index contributed by atoms with van der Waals surface area (Å²) < 4.78 is 0. The Bertz CT molecular complexity index is 793. The average Bonchev–Trinajstić information content (AvgIpc) is 2.66. The molecule has 0 saturated carbocycles. The minimum absolute atomic E-state index is 0.111. The molecule has 0 spiro atoms. The topological polar surface area (TPSA) is 77.8 Å². The maximum absolute atomic E-state index is 11.7. The molecule has 0 bridgehead atoms. The highest BCUT2D eigenvalue weighted by atomic mass is 16.4. The highest BCUT2D eigenvalue weighted by Crippen LogP contribution is 2.49. The summed E-state index contributed by atoms with van der Waals surface area (Å²) in [5, 5.41) is 31.6. The van der Waals surface area contributed by atoms with Gasteiger partial charge in [0.2, 0.25) is 0 Å². The van der Waals surface area contributed by atoms with Gasteiger partial charge in [0.25, 0.3) is 0 Å². The molecule has 0 fully saturated rings. The lowest BCUT2D eigenvalue weighted by Gasteiger charge is -2.51. The first-order valence-corrected chi connectivity index (χ1v) is 9.60. The summed E-state index contributed by atoms with van der Waals surface area (Å²) >= 11 is 0. The maximum Gasteiger partial charge on any atom is 0.328 e. The van der Waals surface area contributed by atoms with Crippen LogP contribution < -0.4 is 0 Å². The van der Waals surface area contributed by atoms with Gasteiger partial charge in [0.15, 0.2) is 0 Å². The fraction of sp³-hybridized carbons (Fsp3) is 0.375. The van der Waals surface area contributed by atoms with E-state index in [1.807, 2.05) is 26.0 Å². The second-order valence-corrected chi connectivity index (χ2v) is 7.51. The molecule has 3 N–H and O–H groups in total. The van der Waals surface area contributed by atoms with Crippen molar-refractivity contribution in [2.75, 3.05) is 0 Å². The highest BCUT2D eigenvalue weighted by molar-refractivity contribution is 5.80. The van der Waals surface area contributed by atoms with E-state index in [0.717, 1.165) is 12.5 Å². The van der Waals surface area contributed by atoms with Crippen molar-refractivity contribution in [1.29, 1.82) is 0 Å². The van der Waals surface area contributed by atoms with Gasteiger partial charge in [-0.25, -0.2) is 4.79 Å². The van der Waals surface area contributed by atoms with E-state index in [1.165, 1.54) is 11.6 Å². The molecule has 4 nitrogen and oxygen atoms in total. The molecule has 2 rings (SSSR count). The SMILES string of the molecule is C/C=C(\C)[C@]1(O)C=C[C@@H]2CC(C)=CC[C@H]2[C@]1(O)/C=C/C=C/C=C\C=C\C(=O)O. The minimum atomic E-state index is -1.45. The number of rotatable bonds is 6. The maximum atomic E-state index is 11.7. The summed E-state index contributed by atoms with van der Waals surface area (Å²) in [6.07, 6.45) is 22.1. The van der Waals surface area contributed by atoms with Crippen LogP contribution in [-0.2, 0) is 4.79 Å². The van der Waals surface area contributed by atoms with Gasteiger partial charge in [-0.15, -0.1) is 0 Å². The van der Waals surface area contributed by atoms with E-state index in [-0.39, 0.29) is 11.8 Å². The largest absolute Gasteiger partial charge is 0.478 e. The van der Waals surface area contributed by atoms with Crippen LogP contribution in [0.4, 0.5) is 0 Å². The van der Waals surface area contributed by atoms with Crippen molar-refractivity contribution in [3.05, 3.63) is 84.1 Å². The van der Waals surface area contributed by atoms with Crippen LogP contribution >= 0.6 is 0 Å². The Morgan fingerprint density at radius 3 is 2.43 bits per heavy atom. The Kier molecular flexibility index (Phi) is 7.17. The van der Waals surface area contributed by atoms with Crippen molar-refractivity contribution < 1.29 is 20.1 Å². The van der Waals surface area contributed by atoms with Crippen LogP contribution in [-0.4, -0.2) is 32.5 Å². The molecule has 28 heavy (non-hydrogen) atoms. The standard InChI is InChI=1S/C24H30O4/c1-4-19(3)23(27)16-14-20-17-18(2)12-13-21(20)24(23,28)15-10-8-6-5-7-9-11-22(25)26/h4-12,14-16,20-21,27-28H,13,17H2,1-3H3,(H,25,26)/b7-5-,8-6+,11-9+,15-10+,19-4+/t20-,21-,23-,24-/m1/s1. The molecule has 0 aromatic heterocycles. The van der Waals surface area contributed by atoms with Crippen LogP contribution in [0.2, 0.25) is 0 Å². The molecule has 0 aliphatic heterocycles. The van der Waals surface area contributed by atoms with E-state index < -0.39 is 17.2 Å². The van der Waals surface area contributed by atoms with E-state index in [0.29, 0.717) is 12.0 Å². The fourth-order valence-electron chi connectivity index (χ4n) is 4.00. The van der Waals surface area contributed by atoms with Gasteiger partial charge in [0.05, 0.1) is 0 Å². The number of hydrogen-bond acceptors (Lipinski definition) is 3. The van der Waals surface area contributed by atoms with E-state index in [1.54, 1.807) is 42.5 Å². The molecule has 0 saturated heterocycles. The van der Waals surface area contributed by atoms with E-state index in [4.69, 9.17) is 5.11 Å². The Morgan fingerprint density at radius 1 is 1.14 bits per heavy atom. The predicted molar refractivity (Wildman–Crippen MR) is 113 cm³/mol. The normalized spacial score (nSPS) is 33.9. The van der Waals surface area contributed by atoms with Gasteiger partial charge < -0.3 is 15.3 Å². The first kappa shape index (κ1) is 21.9. The number of aliphatic hydroxyl groups is 2. The molecular formula is C24H30O4. The average molecular weight is 382 g/mol. The Hall–Kier alpha value is -2.43. The summed E-state index contributed by atoms with van der Waals surface area (Å²) in [5.41, 5.74) is -0.850. The van der Waals surface area contributed by atoms with Crippen LogP contribution in [0.5, 0.6) is 0 Å². The van der Waals surface area contributed by atoms with Crippen molar-refractivity contribution >= 4 is 5.97 Å². The van der Waals surface area contributed by atoms with Crippen LogP contribution in [0.25, 0.3) is 0 Å². The first-order chi connectivity index (χ1) is 13.2. The van der Waals surface area contributed by atoms with Gasteiger partial charge in [-0.1, -0.05) is 60.3 Å². The molecule has 0 radical (unpaired) electrons. The van der Waals surface area contributed by atoms with Gasteiger partial charge in [0.1, 0.15) is 11.2 Å². The Balaban J connectivity index is 2.29. The minimum Gasteiger partial charge on any atom is -0.478 e. The molecule has 4 heteroatoms. The van der Waals surface area contributed by atoms with Crippen molar-refractivity contribution in [2.24, 2.45) is 11.8 Å². The molecule has 0 aromatic rings. The molecule has 2 aliphatic carbocycles. The Morgan fingerprint density at radius 2 is 1.79 bits per heavy atom. The number of carboxylic acids is 1. The zero-order valence-corrected chi connectivity index (χ0v) is 16.7. The third-order valence-electron chi connectivity index (χ3n) is 5.73. The van der Waals surface area contributed by atoms with Gasteiger partial charge >= 0.3 is 5.97 Å². The first-order valence-electron chi connectivity index (χ1n) is 9.60. The summed E-state index contributed by atoms with van der Waals surface area (Å²) in [7, 11) is 0. The third-order valence-corrected chi connectivity index (χ3v) is 5.73. The quantitative estimate of drug-likeness (QED) is 0.364. The zero-order chi connectivity index (χ0) is 20.8. The molecule has 4 atom stereocenters. The second-order valence-electron chi connectivity index (χ2n) is 7.51. The van der Waals surface area contributed by atoms with Crippen LogP contribution in [0.15, 0.2) is 84.1 Å². The number of fused-ring (bicyclic) bond motifs is 1. The monoisotopic (exact) mass is 382 g/mol. The van der Waals surface area contributed by atoms with E-state index >= 15 is 0 Å². The number of aliphatic carboxylic acids is 1. The molecule has 150 valence electrons. The summed E-state index contributed by atoms with van der Waals surface area (Å²) in [4.78, 5) is 10.4. The van der Waals surface area contributed by atoms with E-state index in [2.05, 4.69) is 13.0 Å². The smallest absolute Gasteiger partial charge is 0.328 e. The molecular weight excluding hydrogens is 352 g/mol. The molecule has 0 unspecified atom stereocenters. The van der Waals surface area contributed by atoms with Crippen molar-refractivity contribution in [1.82, 2.24) is 0 Å². The van der Waals surface area contributed by atoms with Gasteiger partial charge in [-0.05, 0) is 57.3 Å².